The van der Waals surface area contributed by atoms with Crippen molar-refractivity contribution in [3.63, 3.8) is 0 Å². The molecule has 0 N–H and O–H groups in total. The van der Waals surface area contributed by atoms with Gasteiger partial charge in [-0.2, -0.15) is 0 Å². The van der Waals surface area contributed by atoms with Gasteiger partial charge >= 0.3 is 5.97 Å². The van der Waals surface area contributed by atoms with Crippen molar-refractivity contribution in [3.05, 3.63) is 124 Å². The van der Waals surface area contributed by atoms with Crippen molar-refractivity contribution in [1.29, 1.82) is 0 Å². The van der Waals surface area contributed by atoms with Crippen molar-refractivity contribution >= 4 is 71.0 Å². The van der Waals surface area contributed by atoms with Crippen LogP contribution in [-0.2, 0) is 45.3 Å². The quantitative estimate of drug-likeness (QED) is 0.0710. The van der Waals surface area contributed by atoms with E-state index in [9.17, 15) is 24.0 Å². The van der Waals surface area contributed by atoms with Crippen molar-refractivity contribution < 1.29 is 47.8 Å². The topological polar surface area (TPSA) is 169 Å². The Kier molecular flexibility index (Phi) is 12.4. The molecule has 1 saturated heterocycles. The summed E-state index contributed by atoms with van der Waals surface area (Å²) in [7, 11) is 4.89. The first-order chi connectivity index (χ1) is 32.5. The summed E-state index contributed by atoms with van der Waals surface area (Å²) in [5.41, 5.74) is 7.72. The number of ether oxygens (including phenoxy) is 4. The van der Waals surface area contributed by atoms with Crippen LogP contribution in [0, 0.1) is 0 Å². The Labute approximate surface area is 386 Å². The summed E-state index contributed by atoms with van der Waals surface area (Å²) in [6, 6.07) is 27.9. The molecule has 342 valence electrons. The molecule has 5 aromatic rings. The lowest BCUT2D eigenvalue weighted by Crippen LogP contribution is -2.37. The van der Waals surface area contributed by atoms with Crippen LogP contribution in [-0.4, -0.2) is 88.0 Å². The first kappa shape index (κ1) is 44.2. The number of aliphatic imine (C=N–C) groups is 2. The summed E-state index contributed by atoms with van der Waals surface area (Å²) in [6.45, 7) is 4.85. The molecule has 4 amide bonds. The van der Waals surface area contributed by atoms with E-state index in [4.69, 9.17) is 28.8 Å². The zero-order valence-electron chi connectivity index (χ0n) is 37.4. The zero-order valence-corrected chi connectivity index (χ0v) is 37.4. The molecular weight excluding hydrogens is 857 g/mol. The van der Waals surface area contributed by atoms with Gasteiger partial charge in [0, 0.05) is 81.2 Å². The van der Waals surface area contributed by atoms with Gasteiger partial charge in [-0.05, 0) is 84.3 Å². The number of methoxy groups -OCH3 is 2. The molecule has 0 aromatic heterocycles. The van der Waals surface area contributed by atoms with Crippen molar-refractivity contribution in [1.82, 2.24) is 5.06 Å². The second-order valence-corrected chi connectivity index (χ2v) is 16.5. The second kappa shape index (κ2) is 18.8. The molecule has 4 aliphatic heterocycles. The van der Waals surface area contributed by atoms with E-state index < -0.39 is 17.8 Å². The number of hydrogen-bond donors (Lipinski definition) is 0. The molecule has 1 atom stereocenters. The molecule has 0 radical (unpaired) electrons. The number of carbonyl (C=O) groups is 5. The fourth-order valence-electron chi connectivity index (χ4n) is 8.85. The first-order valence-corrected chi connectivity index (χ1v) is 22.0. The number of imide groups is 1. The minimum atomic E-state index is -0.681. The van der Waals surface area contributed by atoms with Crippen LogP contribution in [0.3, 0.4) is 0 Å². The van der Waals surface area contributed by atoms with E-state index >= 15 is 0 Å². The third-order valence-electron chi connectivity index (χ3n) is 12.3. The van der Waals surface area contributed by atoms with E-state index in [1.165, 1.54) is 14.2 Å². The highest BCUT2D eigenvalue weighted by Gasteiger charge is 2.37. The fourth-order valence-corrected chi connectivity index (χ4v) is 8.85. The maximum Gasteiger partial charge on any atom is 0.333 e. The number of benzene rings is 5. The Morgan fingerprint density at radius 2 is 1.45 bits per heavy atom. The van der Waals surface area contributed by atoms with Gasteiger partial charge in [0.1, 0.15) is 13.2 Å². The van der Waals surface area contributed by atoms with Gasteiger partial charge in [-0.25, -0.2) is 4.79 Å². The second-order valence-electron chi connectivity index (χ2n) is 16.5. The summed E-state index contributed by atoms with van der Waals surface area (Å²) in [5.74, 6) is -0.708. The van der Waals surface area contributed by atoms with Crippen LogP contribution < -0.4 is 33.6 Å². The van der Waals surface area contributed by atoms with Crippen LogP contribution in [0.25, 0.3) is 0 Å². The molecule has 4 aliphatic rings. The van der Waals surface area contributed by atoms with E-state index in [1.807, 2.05) is 78.7 Å². The predicted molar refractivity (Wildman–Crippen MR) is 251 cm³/mol. The number of amides is 4. The normalized spacial score (nSPS) is 15.7. The van der Waals surface area contributed by atoms with Gasteiger partial charge < -0.3 is 33.6 Å². The zero-order chi connectivity index (χ0) is 46.8. The van der Waals surface area contributed by atoms with E-state index in [1.54, 1.807) is 40.3 Å². The van der Waals surface area contributed by atoms with Gasteiger partial charge in [-0.3, -0.25) is 34.1 Å². The van der Waals surface area contributed by atoms with Gasteiger partial charge in [0.05, 0.1) is 42.8 Å². The average molecular weight is 905 g/mol. The van der Waals surface area contributed by atoms with Crippen molar-refractivity contribution in [2.75, 3.05) is 49.1 Å². The molecule has 1 unspecified atom stereocenters. The lowest BCUT2D eigenvalue weighted by Gasteiger charge is -2.23. The average Bonchev–Trinajstić information content (AvgIpc) is 4.02. The Morgan fingerprint density at radius 3 is 2.15 bits per heavy atom. The molecule has 0 bridgehead atoms. The highest BCUT2D eigenvalue weighted by molar-refractivity contribution is 6.15. The van der Waals surface area contributed by atoms with Crippen LogP contribution in [0.2, 0.25) is 0 Å². The Hall–Kier alpha value is -8.01. The third-order valence-corrected chi connectivity index (χ3v) is 12.3. The number of hydroxylamine groups is 2. The van der Waals surface area contributed by atoms with Gasteiger partial charge in [-0.15, -0.1) is 5.06 Å². The van der Waals surface area contributed by atoms with E-state index in [0.717, 1.165) is 45.7 Å². The SMILES string of the molecule is C=Nc1cc(OCc2cc(COc3cc4c(cc3OC)C(=O)N3c5ccccc5CC3C=N4)cc(N(C)CCCC(=O)ON3C(=O)CCC3=O)c2)c(OC)cc1C(=O)N1CCc2ccccc21. The Balaban J connectivity index is 0.955. The summed E-state index contributed by atoms with van der Waals surface area (Å²) in [4.78, 5) is 84.0. The van der Waals surface area contributed by atoms with Crippen LogP contribution >= 0.6 is 0 Å². The molecular formula is C51H48N6O10. The largest absolute Gasteiger partial charge is 0.493 e. The maximum atomic E-state index is 14.0. The fraction of sp³-hybridized carbons (Fsp3) is 0.275. The number of fused-ring (bicyclic) bond motifs is 5. The smallest absolute Gasteiger partial charge is 0.333 e. The number of rotatable bonds is 16. The molecule has 1 fully saturated rings. The number of anilines is 3. The molecule has 0 saturated carbocycles. The highest BCUT2D eigenvalue weighted by atomic mass is 16.7. The number of hydrogen-bond acceptors (Lipinski definition) is 13. The monoisotopic (exact) mass is 904 g/mol. The third kappa shape index (κ3) is 8.89. The van der Waals surface area contributed by atoms with Gasteiger partial charge in [-0.1, -0.05) is 36.4 Å². The van der Waals surface area contributed by atoms with E-state index in [0.29, 0.717) is 76.5 Å². The lowest BCUT2D eigenvalue weighted by atomic mass is 10.1. The number of nitrogens with zero attached hydrogens (tertiary/aromatic N) is 6. The molecule has 16 heteroatoms. The first-order valence-electron chi connectivity index (χ1n) is 22.0. The maximum absolute atomic E-state index is 14.0. The molecule has 9 rings (SSSR count). The van der Waals surface area contributed by atoms with Crippen LogP contribution in [0.4, 0.5) is 28.4 Å². The van der Waals surface area contributed by atoms with Gasteiger partial charge in [0.25, 0.3) is 23.6 Å². The highest BCUT2D eigenvalue weighted by Crippen LogP contribution is 2.42. The van der Waals surface area contributed by atoms with Gasteiger partial charge in [0.15, 0.2) is 23.0 Å². The summed E-state index contributed by atoms with van der Waals surface area (Å²) in [6.07, 6.45) is 3.57. The van der Waals surface area contributed by atoms with Crippen molar-refractivity contribution in [2.24, 2.45) is 9.98 Å². The summed E-state index contributed by atoms with van der Waals surface area (Å²) >= 11 is 0. The number of carbonyl (C=O) groups excluding carboxylic acids is 5. The minimum Gasteiger partial charge on any atom is -0.493 e. The molecule has 0 spiro atoms. The molecule has 4 heterocycles. The minimum absolute atomic E-state index is 0.0146. The van der Waals surface area contributed by atoms with Crippen molar-refractivity contribution in [2.45, 2.75) is 57.8 Å². The Morgan fingerprint density at radius 1 is 0.791 bits per heavy atom. The number of para-hydroxylation sites is 2. The van der Waals surface area contributed by atoms with Gasteiger partial charge in [0.2, 0.25) is 0 Å². The molecule has 0 aliphatic carbocycles. The van der Waals surface area contributed by atoms with Crippen LogP contribution in [0.15, 0.2) is 101 Å². The lowest BCUT2D eigenvalue weighted by molar-refractivity contribution is -0.197. The van der Waals surface area contributed by atoms with Crippen LogP contribution in [0.1, 0.15) is 68.7 Å². The molecule has 5 aromatic carbocycles. The summed E-state index contributed by atoms with van der Waals surface area (Å²) in [5, 5.41) is 0.550. The Bertz CT molecular complexity index is 2850. The van der Waals surface area contributed by atoms with E-state index in [-0.39, 0.29) is 50.3 Å². The predicted octanol–water partition coefficient (Wildman–Crippen LogP) is 7.51. The van der Waals surface area contributed by atoms with Crippen molar-refractivity contribution in [3.8, 4) is 23.0 Å². The standard InChI is InChI=1S/C51H48N6O10/c1-52-39-26-45(43(63-3)24-37(39)50(61)55-19-17-33-10-5-7-12-41(33)55)65-29-31-20-32(22-35(21-31)54(2)18-9-14-49(60)67-57-47(58)15-16-48(57)59)30-66-46-27-40-38(25-44(46)64-4)51(62)56-36(28-53-40)23-34-11-6-8-13-42(34)56/h5-8,10-13,20-22,24-28,36H,1,9,14-19,23,29-30H2,2-4H3. The van der Waals surface area contributed by atoms with Crippen LogP contribution in [0.5, 0.6) is 23.0 Å². The molecule has 67 heavy (non-hydrogen) atoms. The summed E-state index contributed by atoms with van der Waals surface area (Å²) < 4.78 is 24.4. The van der Waals surface area contributed by atoms with E-state index in [2.05, 4.69) is 11.7 Å². The molecule has 16 nitrogen and oxygen atoms in total.